The summed E-state index contributed by atoms with van der Waals surface area (Å²) in [5, 5.41) is 3.48. The molecule has 0 aromatic heterocycles. The molecule has 1 amide bonds. The van der Waals surface area contributed by atoms with Crippen LogP contribution in [0.15, 0.2) is 83.8 Å². The maximum Gasteiger partial charge on any atom is 0.258 e. The molecule has 1 atom stereocenters. The van der Waals surface area contributed by atoms with Crippen LogP contribution in [0.4, 0.5) is 0 Å². The molecule has 0 fully saturated rings. The molecule has 3 rings (SSSR count). The summed E-state index contributed by atoms with van der Waals surface area (Å²) in [6, 6.07) is 22.7. The van der Waals surface area contributed by atoms with Crippen LogP contribution in [0.1, 0.15) is 24.1 Å². The third-order valence-electron chi connectivity index (χ3n) is 4.80. The van der Waals surface area contributed by atoms with Gasteiger partial charge in [-0.2, -0.15) is 0 Å². The number of halogens is 1. The SMILES string of the molecule is C[C@H](NC(=O)COc1ccc(S(=O)(=O)NCCc2ccccc2)cc1)c1ccc(Cl)cc1. The van der Waals surface area contributed by atoms with E-state index in [1.807, 2.05) is 49.4 Å². The van der Waals surface area contributed by atoms with E-state index in [-0.39, 0.29) is 23.5 Å². The van der Waals surface area contributed by atoms with E-state index >= 15 is 0 Å². The van der Waals surface area contributed by atoms with Gasteiger partial charge in [0.1, 0.15) is 5.75 Å². The Morgan fingerprint density at radius 3 is 2.28 bits per heavy atom. The van der Waals surface area contributed by atoms with Crippen molar-refractivity contribution in [3.8, 4) is 5.75 Å². The number of hydrogen-bond acceptors (Lipinski definition) is 4. The van der Waals surface area contributed by atoms with E-state index < -0.39 is 10.0 Å². The molecule has 0 saturated carbocycles. The second kappa shape index (κ2) is 11.1. The van der Waals surface area contributed by atoms with E-state index in [1.165, 1.54) is 24.3 Å². The van der Waals surface area contributed by atoms with Gasteiger partial charge in [0, 0.05) is 11.6 Å². The number of ether oxygens (including phenoxy) is 1. The first-order chi connectivity index (χ1) is 15.3. The van der Waals surface area contributed by atoms with Gasteiger partial charge in [0.05, 0.1) is 10.9 Å². The zero-order valence-electron chi connectivity index (χ0n) is 17.6. The van der Waals surface area contributed by atoms with Crippen LogP contribution in [0.3, 0.4) is 0 Å². The van der Waals surface area contributed by atoms with Crippen LogP contribution < -0.4 is 14.8 Å². The topological polar surface area (TPSA) is 84.5 Å². The molecular formula is C24H25ClN2O4S. The van der Waals surface area contributed by atoms with E-state index in [1.54, 1.807) is 12.1 Å². The molecule has 168 valence electrons. The Morgan fingerprint density at radius 2 is 1.62 bits per heavy atom. The predicted molar refractivity (Wildman–Crippen MR) is 125 cm³/mol. The number of carbonyl (C=O) groups excluding carboxylic acids is 1. The van der Waals surface area contributed by atoms with Crippen LogP contribution in [-0.4, -0.2) is 27.5 Å². The molecule has 0 spiro atoms. The summed E-state index contributed by atoms with van der Waals surface area (Å²) in [5.74, 6) is 0.120. The monoisotopic (exact) mass is 472 g/mol. The van der Waals surface area contributed by atoms with Crippen LogP contribution >= 0.6 is 11.6 Å². The summed E-state index contributed by atoms with van der Waals surface area (Å²) in [7, 11) is -3.62. The van der Waals surface area contributed by atoms with Crippen molar-refractivity contribution < 1.29 is 17.9 Å². The van der Waals surface area contributed by atoms with Gasteiger partial charge >= 0.3 is 0 Å². The second-order valence-corrected chi connectivity index (χ2v) is 9.44. The maximum atomic E-state index is 12.5. The lowest BCUT2D eigenvalue weighted by Gasteiger charge is -2.15. The number of carbonyl (C=O) groups is 1. The Kier molecular flexibility index (Phi) is 8.27. The number of benzene rings is 3. The van der Waals surface area contributed by atoms with E-state index in [0.29, 0.717) is 23.7 Å². The molecule has 0 aliphatic carbocycles. The summed E-state index contributed by atoms with van der Waals surface area (Å²) in [5.41, 5.74) is 1.99. The van der Waals surface area contributed by atoms with Gasteiger partial charge in [-0.15, -0.1) is 0 Å². The summed E-state index contributed by atoms with van der Waals surface area (Å²) in [6.07, 6.45) is 0.602. The summed E-state index contributed by atoms with van der Waals surface area (Å²) in [4.78, 5) is 12.3. The second-order valence-electron chi connectivity index (χ2n) is 7.23. The molecule has 8 heteroatoms. The Hall–Kier alpha value is -2.87. The summed E-state index contributed by atoms with van der Waals surface area (Å²) >= 11 is 5.88. The van der Waals surface area contributed by atoms with Gasteiger partial charge in [-0.05, 0) is 60.9 Å². The molecule has 0 heterocycles. The highest BCUT2D eigenvalue weighted by Crippen LogP contribution is 2.17. The van der Waals surface area contributed by atoms with E-state index in [9.17, 15) is 13.2 Å². The Morgan fingerprint density at radius 1 is 0.969 bits per heavy atom. The van der Waals surface area contributed by atoms with E-state index in [2.05, 4.69) is 10.0 Å². The third kappa shape index (κ3) is 7.09. The minimum Gasteiger partial charge on any atom is -0.484 e. The lowest BCUT2D eigenvalue weighted by molar-refractivity contribution is -0.123. The fraction of sp³-hybridized carbons (Fsp3) is 0.208. The van der Waals surface area contributed by atoms with Crippen molar-refractivity contribution in [2.75, 3.05) is 13.2 Å². The first kappa shape index (κ1) is 23.8. The van der Waals surface area contributed by atoms with Crippen molar-refractivity contribution in [3.63, 3.8) is 0 Å². The minimum atomic E-state index is -3.62. The zero-order chi connectivity index (χ0) is 23.0. The molecule has 0 unspecified atom stereocenters. The average molecular weight is 473 g/mol. The molecule has 2 N–H and O–H groups in total. The van der Waals surface area contributed by atoms with Gasteiger partial charge in [0.15, 0.2) is 6.61 Å². The van der Waals surface area contributed by atoms with Crippen LogP contribution in [0.25, 0.3) is 0 Å². The molecular weight excluding hydrogens is 448 g/mol. The highest BCUT2D eigenvalue weighted by atomic mass is 35.5. The van der Waals surface area contributed by atoms with Gasteiger partial charge in [-0.25, -0.2) is 13.1 Å². The largest absolute Gasteiger partial charge is 0.484 e. The van der Waals surface area contributed by atoms with Gasteiger partial charge in [0.2, 0.25) is 10.0 Å². The standard InChI is InChI=1S/C24H25ClN2O4S/c1-18(20-7-9-21(25)10-8-20)27-24(28)17-31-22-11-13-23(14-12-22)32(29,30)26-16-15-19-5-3-2-4-6-19/h2-14,18,26H,15-17H2,1H3,(H,27,28)/t18-/m0/s1. The average Bonchev–Trinajstić information content (AvgIpc) is 2.79. The molecule has 32 heavy (non-hydrogen) atoms. The van der Waals surface area contributed by atoms with Crippen LogP contribution in [-0.2, 0) is 21.2 Å². The quantitative estimate of drug-likeness (QED) is 0.465. The number of rotatable bonds is 10. The van der Waals surface area contributed by atoms with Crippen molar-refractivity contribution >= 4 is 27.5 Å². The zero-order valence-corrected chi connectivity index (χ0v) is 19.2. The highest BCUT2D eigenvalue weighted by molar-refractivity contribution is 7.89. The molecule has 0 saturated heterocycles. The Balaban J connectivity index is 1.47. The normalized spacial score (nSPS) is 12.2. The van der Waals surface area contributed by atoms with Gasteiger partial charge < -0.3 is 10.1 Å². The number of amides is 1. The maximum absolute atomic E-state index is 12.5. The van der Waals surface area contributed by atoms with Crippen molar-refractivity contribution in [1.82, 2.24) is 10.0 Å². The summed E-state index contributed by atoms with van der Waals surface area (Å²) in [6.45, 7) is 1.99. The number of nitrogens with one attached hydrogen (secondary N) is 2. The molecule has 0 bridgehead atoms. The first-order valence-electron chi connectivity index (χ1n) is 10.1. The molecule has 6 nitrogen and oxygen atoms in total. The van der Waals surface area contributed by atoms with Crippen LogP contribution in [0, 0.1) is 0 Å². The van der Waals surface area contributed by atoms with Crippen molar-refractivity contribution in [3.05, 3.63) is 95.0 Å². The van der Waals surface area contributed by atoms with Crippen LogP contribution in [0.5, 0.6) is 5.75 Å². The highest BCUT2D eigenvalue weighted by Gasteiger charge is 2.14. The van der Waals surface area contributed by atoms with Gasteiger partial charge in [-0.1, -0.05) is 54.1 Å². The first-order valence-corrected chi connectivity index (χ1v) is 12.0. The predicted octanol–water partition coefficient (Wildman–Crippen LogP) is 4.12. The lowest BCUT2D eigenvalue weighted by atomic mass is 10.1. The van der Waals surface area contributed by atoms with Crippen LogP contribution in [0.2, 0.25) is 5.02 Å². The molecule has 3 aromatic rings. The van der Waals surface area contributed by atoms with Gasteiger partial charge in [0.25, 0.3) is 5.91 Å². The lowest BCUT2D eigenvalue weighted by Crippen LogP contribution is -2.31. The van der Waals surface area contributed by atoms with Gasteiger partial charge in [-0.3, -0.25) is 4.79 Å². The molecule has 0 aliphatic heterocycles. The third-order valence-corrected chi connectivity index (χ3v) is 6.53. The fourth-order valence-corrected chi connectivity index (χ4v) is 4.20. The van der Waals surface area contributed by atoms with E-state index in [0.717, 1.165) is 11.1 Å². The summed E-state index contributed by atoms with van der Waals surface area (Å²) < 4.78 is 33.0. The Labute approximate surface area is 193 Å². The molecule has 0 radical (unpaired) electrons. The minimum absolute atomic E-state index is 0.138. The number of hydrogen-bond donors (Lipinski definition) is 2. The van der Waals surface area contributed by atoms with Crippen molar-refractivity contribution in [1.29, 1.82) is 0 Å². The number of sulfonamides is 1. The Bertz CT molecular complexity index is 1120. The molecule has 0 aliphatic rings. The van der Waals surface area contributed by atoms with Crippen molar-refractivity contribution in [2.24, 2.45) is 0 Å². The van der Waals surface area contributed by atoms with E-state index in [4.69, 9.17) is 16.3 Å². The van der Waals surface area contributed by atoms with Crippen molar-refractivity contribution in [2.45, 2.75) is 24.3 Å². The molecule has 3 aromatic carbocycles. The fourth-order valence-electron chi connectivity index (χ4n) is 3.04. The smallest absolute Gasteiger partial charge is 0.258 e.